The van der Waals surface area contributed by atoms with E-state index in [0.717, 1.165) is 0 Å². The van der Waals surface area contributed by atoms with Crippen molar-refractivity contribution in [3.63, 3.8) is 0 Å². The first-order valence-corrected chi connectivity index (χ1v) is 4.79. The molecule has 0 aliphatic rings. The predicted molar refractivity (Wildman–Crippen MR) is 51.9 cm³/mol. The third-order valence-electron chi connectivity index (χ3n) is 1.83. The average molecular weight is 266 g/mol. The third kappa shape index (κ3) is 2.99. The molecule has 1 aromatic heterocycles. The van der Waals surface area contributed by atoms with E-state index in [4.69, 9.17) is 0 Å². The molecule has 18 heavy (non-hydrogen) atoms. The predicted octanol–water partition coefficient (Wildman–Crippen LogP) is 1.66. The highest BCUT2D eigenvalue weighted by atomic mass is 19.4. The summed E-state index contributed by atoms with van der Waals surface area (Å²) >= 11 is 0. The van der Waals surface area contributed by atoms with Crippen LogP contribution < -0.4 is 5.32 Å². The number of nitrogens with zero attached hydrogens (tertiary/aromatic N) is 1. The molecule has 0 saturated heterocycles. The molecule has 1 heterocycles. The van der Waals surface area contributed by atoms with E-state index in [1.807, 2.05) is 0 Å². The average Bonchev–Trinajstić information content (AvgIpc) is 2.58. The van der Waals surface area contributed by atoms with Crippen molar-refractivity contribution < 1.29 is 32.0 Å². The fourth-order valence-corrected chi connectivity index (χ4v) is 1.07. The minimum atomic E-state index is -5.09. The van der Waals surface area contributed by atoms with Gasteiger partial charge >= 0.3 is 18.1 Å². The highest BCUT2D eigenvalue weighted by molar-refractivity contribution is 6.01. The van der Waals surface area contributed by atoms with Crippen LogP contribution in [-0.2, 0) is 9.53 Å². The van der Waals surface area contributed by atoms with E-state index in [0.29, 0.717) is 0 Å². The summed E-state index contributed by atoms with van der Waals surface area (Å²) in [5.41, 5.74) is -0.319. The van der Waals surface area contributed by atoms with E-state index >= 15 is 0 Å². The molecular weight excluding hydrogens is 257 g/mol. The number of amides is 1. The zero-order chi connectivity index (χ0) is 13.9. The number of rotatable bonds is 3. The molecule has 0 aromatic carbocycles. The molecule has 1 aromatic rings. The van der Waals surface area contributed by atoms with Crippen LogP contribution in [0.5, 0.6) is 0 Å². The van der Waals surface area contributed by atoms with Gasteiger partial charge in [-0.25, -0.2) is 4.79 Å². The zero-order valence-corrected chi connectivity index (χ0v) is 9.42. The molecule has 1 rings (SSSR count). The van der Waals surface area contributed by atoms with Gasteiger partial charge in [0.1, 0.15) is 5.56 Å². The van der Waals surface area contributed by atoms with Crippen LogP contribution in [0.4, 0.5) is 19.1 Å². The van der Waals surface area contributed by atoms with Crippen LogP contribution in [0.3, 0.4) is 0 Å². The largest absolute Gasteiger partial charge is 0.471 e. The number of anilines is 1. The van der Waals surface area contributed by atoms with Crippen molar-refractivity contribution in [2.75, 3.05) is 11.9 Å². The Bertz CT molecular complexity index is 467. The quantitative estimate of drug-likeness (QED) is 0.841. The number of ether oxygens (including phenoxy) is 1. The van der Waals surface area contributed by atoms with Crippen LogP contribution in [0.25, 0.3) is 0 Å². The van der Waals surface area contributed by atoms with Gasteiger partial charge in [0.15, 0.2) is 0 Å². The van der Waals surface area contributed by atoms with Crippen LogP contribution in [-0.4, -0.2) is 29.8 Å². The molecule has 0 bridgehead atoms. The molecule has 1 amide bonds. The summed E-state index contributed by atoms with van der Waals surface area (Å²) in [6, 6.07) is 0. The summed E-state index contributed by atoms with van der Waals surface area (Å²) in [5, 5.41) is 4.71. The van der Waals surface area contributed by atoms with Crippen molar-refractivity contribution in [3.05, 3.63) is 11.3 Å². The van der Waals surface area contributed by atoms with Gasteiger partial charge in [0, 0.05) is 0 Å². The standard InChI is InChI=1S/C9H9F3N2O4/c1-3-17-7(15)5-4(2)14-18-6(5)13-8(16)9(10,11)12/h3H2,1-2H3,(H,13,16). The minimum Gasteiger partial charge on any atom is -0.462 e. The normalized spacial score (nSPS) is 11.2. The van der Waals surface area contributed by atoms with Crippen LogP contribution in [0.2, 0.25) is 0 Å². The van der Waals surface area contributed by atoms with E-state index < -0.39 is 23.9 Å². The first-order chi connectivity index (χ1) is 8.27. The van der Waals surface area contributed by atoms with Gasteiger partial charge in [0.2, 0.25) is 5.88 Å². The van der Waals surface area contributed by atoms with Crippen LogP contribution in [0.1, 0.15) is 23.0 Å². The Morgan fingerprint density at radius 3 is 2.56 bits per heavy atom. The first-order valence-electron chi connectivity index (χ1n) is 4.79. The topological polar surface area (TPSA) is 81.4 Å². The lowest BCUT2D eigenvalue weighted by molar-refractivity contribution is -0.167. The summed E-state index contributed by atoms with van der Waals surface area (Å²) in [7, 11) is 0. The second-order valence-electron chi connectivity index (χ2n) is 3.14. The third-order valence-corrected chi connectivity index (χ3v) is 1.83. The maximum Gasteiger partial charge on any atom is 0.471 e. The van der Waals surface area contributed by atoms with Crippen molar-refractivity contribution in [3.8, 4) is 0 Å². The van der Waals surface area contributed by atoms with Gasteiger partial charge < -0.3 is 9.26 Å². The summed E-state index contributed by atoms with van der Waals surface area (Å²) in [6.45, 7) is 2.88. The monoisotopic (exact) mass is 266 g/mol. The second kappa shape index (κ2) is 5.07. The number of carbonyl (C=O) groups is 2. The van der Waals surface area contributed by atoms with E-state index in [-0.39, 0.29) is 17.9 Å². The SMILES string of the molecule is CCOC(=O)c1c(C)noc1NC(=O)C(F)(F)F. The molecule has 0 saturated carbocycles. The van der Waals surface area contributed by atoms with Gasteiger partial charge in [0.05, 0.1) is 12.3 Å². The van der Waals surface area contributed by atoms with E-state index in [1.165, 1.54) is 19.2 Å². The molecule has 0 atom stereocenters. The van der Waals surface area contributed by atoms with Gasteiger partial charge in [-0.05, 0) is 13.8 Å². The number of nitrogens with one attached hydrogen (secondary N) is 1. The maximum absolute atomic E-state index is 12.0. The fourth-order valence-electron chi connectivity index (χ4n) is 1.07. The fraction of sp³-hybridized carbons (Fsp3) is 0.444. The number of hydrogen-bond acceptors (Lipinski definition) is 5. The molecule has 0 radical (unpaired) electrons. The Labute approximate surface area is 99.1 Å². The van der Waals surface area contributed by atoms with Gasteiger partial charge in [-0.15, -0.1) is 0 Å². The van der Waals surface area contributed by atoms with Gasteiger partial charge in [-0.2, -0.15) is 13.2 Å². The number of hydrogen-bond donors (Lipinski definition) is 1. The summed E-state index contributed by atoms with van der Waals surface area (Å²) in [5.74, 6) is -3.87. The summed E-state index contributed by atoms with van der Waals surface area (Å²) in [6.07, 6.45) is -5.09. The molecule has 6 nitrogen and oxygen atoms in total. The summed E-state index contributed by atoms with van der Waals surface area (Å²) in [4.78, 5) is 22.1. The first kappa shape index (κ1) is 14.0. The Kier molecular flexibility index (Phi) is 3.94. The van der Waals surface area contributed by atoms with Crippen LogP contribution in [0.15, 0.2) is 4.52 Å². The number of aromatic nitrogens is 1. The molecule has 9 heteroatoms. The number of carbonyl (C=O) groups excluding carboxylic acids is 2. The van der Waals surface area contributed by atoms with Crippen LogP contribution >= 0.6 is 0 Å². The zero-order valence-electron chi connectivity index (χ0n) is 9.42. The lowest BCUT2D eigenvalue weighted by Crippen LogP contribution is -2.30. The minimum absolute atomic E-state index is 0.0194. The summed E-state index contributed by atoms with van der Waals surface area (Å²) < 4.78 is 45.1. The molecule has 0 fully saturated rings. The van der Waals surface area contributed by atoms with E-state index in [9.17, 15) is 22.8 Å². The van der Waals surface area contributed by atoms with Crippen molar-refractivity contribution >= 4 is 17.8 Å². The van der Waals surface area contributed by atoms with E-state index in [1.54, 1.807) is 0 Å². The maximum atomic E-state index is 12.0. The number of halogens is 3. The number of alkyl halides is 3. The van der Waals surface area contributed by atoms with Gasteiger partial charge in [-0.3, -0.25) is 10.1 Å². The second-order valence-corrected chi connectivity index (χ2v) is 3.14. The van der Waals surface area contributed by atoms with Gasteiger partial charge in [0.25, 0.3) is 0 Å². The molecule has 0 aliphatic heterocycles. The number of esters is 1. The molecule has 0 spiro atoms. The molecule has 0 unspecified atom stereocenters. The molecule has 1 N–H and O–H groups in total. The Balaban J connectivity index is 2.98. The molecule has 100 valence electrons. The Morgan fingerprint density at radius 2 is 2.06 bits per heavy atom. The highest BCUT2D eigenvalue weighted by Gasteiger charge is 2.40. The smallest absolute Gasteiger partial charge is 0.462 e. The Morgan fingerprint density at radius 1 is 1.44 bits per heavy atom. The highest BCUT2D eigenvalue weighted by Crippen LogP contribution is 2.23. The molecular formula is C9H9F3N2O4. The lowest BCUT2D eigenvalue weighted by Gasteiger charge is -2.06. The number of aryl methyl sites for hydroxylation is 1. The van der Waals surface area contributed by atoms with Gasteiger partial charge in [-0.1, -0.05) is 5.16 Å². The van der Waals surface area contributed by atoms with Crippen molar-refractivity contribution in [1.29, 1.82) is 0 Å². The Hall–Kier alpha value is -2.06. The molecule has 0 aliphatic carbocycles. The van der Waals surface area contributed by atoms with Crippen LogP contribution in [0, 0.1) is 6.92 Å². The van der Waals surface area contributed by atoms with E-state index in [2.05, 4.69) is 14.4 Å². The van der Waals surface area contributed by atoms with Crippen molar-refractivity contribution in [1.82, 2.24) is 5.16 Å². The van der Waals surface area contributed by atoms with Crippen molar-refractivity contribution in [2.45, 2.75) is 20.0 Å². The lowest BCUT2D eigenvalue weighted by atomic mass is 10.2. The van der Waals surface area contributed by atoms with Crippen molar-refractivity contribution in [2.24, 2.45) is 0 Å².